The number of rotatable bonds is 3. The highest BCUT2D eigenvalue weighted by molar-refractivity contribution is 6.31. The van der Waals surface area contributed by atoms with Crippen LogP contribution in [0.15, 0.2) is 12.1 Å². The first-order chi connectivity index (χ1) is 9.02. The number of aliphatic hydroxyl groups excluding tert-OH is 1. The monoisotopic (exact) mass is 288 g/mol. The van der Waals surface area contributed by atoms with E-state index in [9.17, 15) is 19.6 Å². The van der Waals surface area contributed by atoms with Crippen molar-refractivity contribution in [2.75, 3.05) is 24.6 Å². The van der Waals surface area contributed by atoms with Gasteiger partial charge in [-0.05, 0) is 18.8 Å². The molecule has 19 heavy (non-hydrogen) atoms. The van der Waals surface area contributed by atoms with Crippen molar-refractivity contribution in [2.24, 2.45) is 5.92 Å². The zero-order valence-corrected chi connectivity index (χ0v) is 10.9. The van der Waals surface area contributed by atoms with Crippen molar-refractivity contribution in [2.45, 2.75) is 12.8 Å². The number of nitrogens with zero attached hydrogens (tertiary/aromatic N) is 2. The van der Waals surface area contributed by atoms with E-state index in [-0.39, 0.29) is 28.9 Å². The topological polar surface area (TPSA) is 66.6 Å². The van der Waals surface area contributed by atoms with E-state index in [1.807, 2.05) is 0 Å². The molecule has 1 unspecified atom stereocenters. The average molecular weight is 289 g/mol. The van der Waals surface area contributed by atoms with Gasteiger partial charge in [-0.1, -0.05) is 11.6 Å². The van der Waals surface area contributed by atoms with Gasteiger partial charge in [0, 0.05) is 31.8 Å². The number of hydrogen-bond donors (Lipinski definition) is 1. The first-order valence-corrected chi connectivity index (χ1v) is 6.40. The summed E-state index contributed by atoms with van der Waals surface area (Å²) < 4.78 is 13.5. The highest BCUT2D eigenvalue weighted by Crippen LogP contribution is 2.35. The van der Waals surface area contributed by atoms with Crippen molar-refractivity contribution in [3.8, 4) is 0 Å². The van der Waals surface area contributed by atoms with Gasteiger partial charge in [0.25, 0.3) is 5.69 Å². The molecule has 1 fully saturated rings. The van der Waals surface area contributed by atoms with Gasteiger partial charge in [-0.15, -0.1) is 0 Å². The molecule has 0 radical (unpaired) electrons. The first-order valence-electron chi connectivity index (χ1n) is 6.02. The smallest absolute Gasteiger partial charge is 0.294 e. The number of nitro groups is 1. The molecule has 0 aromatic heterocycles. The second kappa shape index (κ2) is 5.71. The molecule has 1 aliphatic heterocycles. The molecule has 1 heterocycles. The molecule has 0 bridgehead atoms. The Morgan fingerprint density at radius 2 is 2.32 bits per heavy atom. The first kappa shape index (κ1) is 14.0. The van der Waals surface area contributed by atoms with Crippen LogP contribution in [0.2, 0.25) is 5.02 Å². The molecular formula is C12H14ClFN2O3. The van der Waals surface area contributed by atoms with Gasteiger partial charge in [-0.25, -0.2) is 4.39 Å². The van der Waals surface area contributed by atoms with E-state index in [1.54, 1.807) is 4.90 Å². The predicted molar refractivity (Wildman–Crippen MR) is 70.1 cm³/mol. The van der Waals surface area contributed by atoms with E-state index >= 15 is 0 Å². The van der Waals surface area contributed by atoms with Crippen LogP contribution in [0.1, 0.15) is 12.8 Å². The minimum absolute atomic E-state index is 0.0281. The molecule has 0 aliphatic carbocycles. The minimum Gasteiger partial charge on any atom is -0.396 e. The normalized spacial score (nSPS) is 19.5. The standard InChI is InChI=1S/C12H14ClFN2O3/c13-9-4-12(16(18)19)11(5-10(9)14)15-3-1-2-8(6-15)7-17/h4-5,8,17H,1-3,6-7H2. The number of benzene rings is 1. The number of aliphatic hydroxyl groups is 1. The Morgan fingerprint density at radius 3 is 2.95 bits per heavy atom. The fraction of sp³-hybridized carbons (Fsp3) is 0.500. The van der Waals surface area contributed by atoms with Crippen molar-refractivity contribution in [1.82, 2.24) is 0 Å². The summed E-state index contributed by atoms with van der Waals surface area (Å²) in [6.07, 6.45) is 1.68. The van der Waals surface area contributed by atoms with E-state index in [2.05, 4.69) is 0 Å². The lowest BCUT2D eigenvalue weighted by molar-refractivity contribution is -0.384. The summed E-state index contributed by atoms with van der Waals surface area (Å²) in [6, 6.07) is 2.13. The van der Waals surface area contributed by atoms with Crippen molar-refractivity contribution < 1.29 is 14.4 Å². The van der Waals surface area contributed by atoms with Gasteiger partial charge in [0.05, 0.1) is 9.95 Å². The third-order valence-corrected chi connectivity index (χ3v) is 3.62. The Balaban J connectivity index is 2.37. The zero-order valence-electron chi connectivity index (χ0n) is 10.2. The zero-order chi connectivity index (χ0) is 14.0. The van der Waals surface area contributed by atoms with Crippen LogP contribution in [0.4, 0.5) is 15.8 Å². The van der Waals surface area contributed by atoms with Crippen molar-refractivity contribution >= 4 is 23.0 Å². The second-order valence-corrected chi connectivity index (χ2v) is 5.06. The van der Waals surface area contributed by atoms with E-state index < -0.39 is 10.7 Å². The molecule has 0 spiro atoms. The second-order valence-electron chi connectivity index (χ2n) is 4.65. The molecule has 1 aromatic carbocycles. The maximum Gasteiger partial charge on any atom is 0.294 e. The molecule has 2 rings (SSSR count). The largest absolute Gasteiger partial charge is 0.396 e. The van der Waals surface area contributed by atoms with Crippen LogP contribution in [0, 0.1) is 21.8 Å². The van der Waals surface area contributed by atoms with Gasteiger partial charge in [0.15, 0.2) is 0 Å². The quantitative estimate of drug-likeness (QED) is 0.686. The molecule has 1 saturated heterocycles. The molecule has 5 nitrogen and oxygen atoms in total. The summed E-state index contributed by atoms with van der Waals surface area (Å²) >= 11 is 5.59. The maximum atomic E-state index is 13.5. The Bertz CT molecular complexity index is 498. The van der Waals surface area contributed by atoms with Crippen LogP contribution >= 0.6 is 11.6 Å². The number of anilines is 1. The molecule has 104 valence electrons. The number of halogens is 2. The molecule has 1 N–H and O–H groups in total. The predicted octanol–water partition coefficient (Wildman–Crippen LogP) is 2.60. The number of hydrogen-bond acceptors (Lipinski definition) is 4. The summed E-state index contributed by atoms with van der Waals surface area (Å²) in [5.41, 5.74) is 0.0232. The minimum atomic E-state index is -0.673. The fourth-order valence-corrected chi connectivity index (χ4v) is 2.52. The molecule has 7 heteroatoms. The van der Waals surface area contributed by atoms with Crippen LogP contribution in [0.25, 0.3) is 0 Å². The van der Waals surface area contributed by atoms with E-state index in [0.29, 0.717) is 13.1 Å². The summed E-state index contributed by atoms with van der Waals surface area (Å²) in [4.78, 5) is 12.2. The van der Waals surface area contributed by atoms with Gasteiger partial charge < -0.3 is 10.0 Å². The van der Waals surface area contributed by atoms with E-state index in [1.165, 1.54) is 0 Å². The Kier molecular flexibility index (Phi) is 4.21. The van der Waals surface area contributed by atoms with Gasteiger partial charge in [-0.3, -0.25) is 10.1 Å². The van der Waals surface area contributed by atoms with Crippen LogP contribution < -0.4 is 4.90 Å². The van der Waals surface area contributed by atoms with Crippen LogP contribution in [-0.2, 0) is 0 Å². The van der Waals surface area contributed by atoms with Crippen molar-refractivity contribution in [3.05, 3.63) is 33.1 Å². The Hall–Kier alpha value is -1.40. The van der Waals surface area contributed by atoms with Gasteiger partial charge >= 0.3 is 0 Å². The molecular weight excluding hydrogens is 275 g/mol. The molecule has 0 amide bonds. The molecule has 0 saturated carbocycles. The molecule has 1 atom stereocenters. The SMILES string of the molecule is O=[N+]([O-])c1cc(Cl)c(F)cc1N1CCCC(CO)C1. The Morgan fingerprint density at radius 1 is 1.58 bits per heavy atom. The third kappa shape index (κ3) is 2.96. The highest BCUT2D eigenvalue weighted by Gasteiger charge is 2.26. The lowest BCUT2D eigenvalue weighted by Gasteiger charge is -2.33. The van der Waals surface area contributed by atoms with Gasteiger partial charge in [-0.2, -0.15) is 0 Å². The maximum absolute atomic E-state index is 13.5. The van der Waals surface area contributed by atoms with Crippen molar-refractivity contribution in [1.29, 1.82) is 0 Å². The summed E-state index contributed by atoms with van der Waals surface area (Å²) in [6.45, 7) is 1.12. The van der Waals surface area contributed by atoms with E-state index in [4.69, 9.17) is 11.6 Å². The molecule has 1 aromatic rings. The summed E-state index contributed by atoms with van der Waals surface area (Å²) in [7, 11) is 0. The highest BCUT2D eigenvalue weighted by atomic mass is 35.5. The van der Waals surface area contributed by atoms with Crippen LogP contribution in [0.3, 0.4) is 0 Å². The number of nitro benzene ring substituents is 1. The van der Waals surface area contributed by atoms with Crippen LogP contribution in [0.5, 0.6) is 0 Å². The molecule has 1 aliphatic rings. The Labute approximate surface area is 114 Å². The van der Waals surface area contributed by atoms with Gasteiger partial charge in [0.2, 0.25) is 0 Å². The van der Waals surface area contributed by atoms with Gasteiger partial charge in [0.1, 0.15) is 11.5 Å². The van der Waals surface area contributed by atoms with E-state index in [0.717, 1.165) is 25.0 Å². The third-order valence-electron chi connectivity index (χ3n) is 3.33. The van der Waals surface area contributed by atoms with Crippen molar-refractivity contribution in [3.63, 3.8) is 0 Å². The number of piperidine rings is 1. The lowest BCUT2D eigenvalue weighted by Crippen LogP contribution is -2.37. The average Bonchev–Trinajstić information content (AvgIpc) is 2.41. The fourth-order valence-electron chi connectivity index (χ4n) is 2.36. The summed E-state index contributed by atoms with van der Waals surface area (Å²) in [5.74, 6) is -0.611. The lowest BCUT2D eigenvalue weighted by atomic mass is 9.98. The summed E-state index contributed by atoms with van der Waals surface area (Å²) in [5, 5.41) is 19.9. The van der Waals surface area contributed by atoms with Crippen LogP contribution in [-0.4, -0.2) is 29.7 Å².